The molecule has 1 rings (SSSR count). The van der Waals surface area contributed by atoms with Gasteiger partial charge < -0.3 is 0 Å². The van der Waals surface area contributed by atoms with Crippen molar-refractivity contribution in [3.8, 4) is 0 Å². The first-order chi connectivity index (χ1) is 6.57. The molecule has 75 valence electrons. The summed E-state index contributed by atoms with van der Waals surface area (Å²) in [6.07, 6.45) is 4.99. The number of allylic oxidation sites excluding steroid dienone is 2. The van der Waals surface area contributed by atoms with Gasteiger partial charge in [-0.25, -0.2) is 0 Å². The summed E-state index contributed by atoms with van der Waals surface area (Å²) in [6.45, 7) is 12.5. The predicted octanol–water partition coefficient (Wildman–Crippen LogP) is 3.85. The highest BCUT2D eigenvalue weighted by Crippen LogP contribution is 2.22. The normalized spacial score (nSPS) is 11.2. The van der Waals surface area contributed by atoms with Gasteiger partial charge in [0.2, 0.25) is 0 Å². The van der Waals surface area contributed by atoms with Gasteiger partial charge in [-0.15, -0.1) is 0 Å². The number of aryl methyl sites for hydroxylation is 2. The van der Waals surface area contributed by atoms with Gasteiger partial charge in [0, 0.05) is 0 Å². The lowest BCUT2D eigenvalue weighted by Crippen LogP contribution is -1.97. The van der Waals surface area contributed by atoms with Gasteiger partial charge in [0.1, 0.15) is 0 Å². The molecule has 0 aliphatic heterocycles. The van der Waals surface area contributed by atoms with Crippen molar-refractivity contribution >= 4 is 0 Å². The SMILES string of the molecule is [CH2]C=CCc1c(C)cc(C)c(C)c1C. The van der Waals surface area contributed by atoms with E-state index in [0.29, 0.717) is 0 Å². The summed E-state index contributed by atoms with van der Waals surface area (Å²) in [5.41, 5.74) is 7.09. The molecule has 0 bridgehead atoms. The summed E-state index contributed by atoms with van der Waals surface area (Å²) < 4.78 is 0. The average molecular weight is 187 g/mol. The maximum Gasteiger partial charge on any atom is -0.00921 e. The van der Waals surface area contributed by atoms with E-state index in [0.717, 1.165) is 6.42 Å². The molecule has 0 saturated heterocycles. The summed E-state index contributed by atoms with van der Waals surface area (Å²) in [5.74, 6) is 0. The zero-order valence-electron chi connectivity index (χ0n) is 9.65. The molecule has 0 heteroatoms. The van der Waals surface area contributed by atoms with Crippen LogP contribution in [0.4, 0.5) is 0 Å². The maximum atomic E-state index is 3.72. The Labute approximate surface area is 87.7 Å². The molecule has 0 saturated carbocycles. The van der Waals surface area contributed by atoms with E-state index in [2.05, 4.69) is 46.8 Å². The monoisotopic (exact) mass is 187 g/mol. The van der Waals surface area contributed by atoms with Gasteiger partial charge in [-0.05, 0) is 68.9 Å². The summed E-state index contributed by atoms with van der Waals surface area (Å²) in [6, 6.07) is 2.27. The molecule has 0 amide bonds. The lowest BCUT2D eigenvalue weighted by Gasteiger charge is -2.13. The predicted molar refractivity (Wildman–Crippen MR) is 63.6 cm³/mol. The number of hydrogen-bond donors (Lipinski definition) is 0. The Bertz CT molecular complexity index is 357. The van der Waals surface area contributed by atoms with Crippen LogP contribution in [0.5, 0.6) is 0 Å². The highest BCUT2D eigenvalue weighted by atomic mass is 14.1. The van der Waals surface area contributed by atoms with E-state index in [1.807, 2.05) is 6.08 Å². The van der Waals surface area contributed by atoms with Gasteiger partial charge in [0.05, 0.1) is 0 Å². The van der Waals surface area contributed by atoms with Crippen molar-refractivity contribution < 1.29 is 0 Å². The third-order valence-corrected chi connectivity index (χ3v) is 3.00. The fraction of sp³-hybridized carbons (Fsp3) is 0.357. The second-order valence-corrected chi connectivity index (χ2v) is 3.91. The zero-order chi connectivity index (χ0) is 10.7. The standard InChI is InChI=1S/C14H19/c1-6-7-8-14-11(3)9-10(2)12(4)13(14)5/h6-7,9H,1,8H2,2-5H3. The summed E-state index contributed by atoms with van der Waals surface area (Å²) >= 11 is 0. The molecule has 0 spiro atoms. The Morgan fingerprint density at radius 3 is 2.29 bits per heavy atom. The van der Waals surface area contributed by atoms with E-state index in [4.69, 9.17) is 0 Å². The molecule has 0 aromatic heterocycles. The summed E-state index contributed by atoms with van der Waals surface area (Å²) in [7, 11) is 0. The van der Waals surface area contributed by atoms with E-state index < -0.39 is 0 Å². The lowest BCUT2D eigenvalue weighted by atomic mass is 9.92. The molecule has 0 heterocycles. The summed E-state index contributed by atoms with van der Waals surface area (Å²) in [4.78, 5) is 0. The van der Waals surface area contributed by atoms with Gasteiger partial charge in [0.15, 0.2) is 0 Å². The third kappa shape index (κ3) is 2.06. The van der Waals surface area contributed by atoms with Crippen molar-refractivity contribution in [3.63, 3.8) is 0 Å². The summed E-state index contributed by atoms with van der Waals surface area (Å²) in [5, 5.41) is 0. The Morgan fingerprint density at radius 1 is 1.07 bits per heavy atom. The second kappa shape index (κ2) is 4.45. The minimum Gasteiger partial charge on any atom is -0.0879 e. The fourth-order valence-electron chi connectivity index (χ4n) is 1.85. The second-order valence-electron chi connectivity index (χ2n) is 3.91. The minimum absolute atomic E-state index is 1.00. The minimum atomic E-state index is 1.00. The van der Waals surface area contributed by atoms with Crippen molar-refractivity contribution in [1.82, 2.24) is 0 Å². The van der Waals surface area contributed by atoms with Crippen LogP contribution in [-0.4, -0.2) is 0 Å². The smallest absolute Gasteiger partial charge is 0.00921 e. The van der Waals surface area contributed by atoms with Crippen LogP contribution in [0.25, 0.3) is 0 Å². The molecule has 1 aromatic rings. The van der Waals surface area contributed by atoms with Crippen LogP contribution >= 0.6 is 0 Å². The van der Waals surface area contributed by atoms with Crippen LogP contribution in [0.15, 0.2) is 18.2 Å². The Kier molecular flexibility index (Phi) is 3.51. The number of hydrogen-bond acceptors (Lipinski definition) is 0. The first-order valence-electron chi connectivity index (χ1n) is 5.08. The van der Waals surface area contributed by atoms with Gasteiger partial charge >= 0.3 is 0 Å². The highest BCUT2D eigenvalue weighted by molar-refractivity contribution is 5.44. The molecule has 1 radical (unpaired) electrons. The maximum absolute atomic E-state index is 3.72. The van der Waals surface area contributed by atoms with Gasteiger partial charge in [-0.2, -0.15) is 0 Å². The van der Waals surface area contributed by atoms with Crippen molar-refractivity contribution in [2.75, 3.05) is 0 Å². The molecule has 14 heavy (non-hydrogen) atoms. The fourth-order valence-corrected chi connectivity index (χ4v) is 1.85. The van der Waals surface area contributed by atoms with Crippen LogP contribution in [0, 0.1) is 34.6 Å². The van der Waals surface area contributed by atoms with Gasteiger partial charge in [0.25, 0.3) is 0 Å². The van der Waals surface area contributed by atoms with Crippen LogP contribution in [0.3, 0.4) is 0 Å². The average Bonchev–Trinajstić information content (AvgIpc) is 2.14. The zero-order valence-corrected chi connectivity index (χ0v) is 9.65. The van der Waals surface area contributed by atoms with Crippen LogP contribution in [-0.2, 0) is 6.42 Å². The van der Waals surface area contributed by atoms with E-state index in [9.17, 15) is 0 Å². The number of rotatable bonds is 2. The van der Waals surface area contributed by atoms with E-state index in [-0.39, 0.29) is 0 Å². The molecule has 0 N–H and O–H groups in total. The third-order valence-electron chi connectivity index (χ3n) is 3.00. The van der Waals surface area contributed by atoms with Crippen molar-refractivity contribution in [1.29, 1.82) is 0 Å². The largest absolute Gasteiger partial charge is 0.0879 e. The molecule has 0 nitrogen and oxygen atoms in total. The molecular weight excluding hydrogens is 168 g/mol. The number of benzene rings is 1. The quantitative estimate of drug-likeness (QED) is 0.659. The van der Waals surface area contributed by atoms with Crippen LogP contribution in [0.1, 0.15) is 27.8 Å². The first-order valence-corrected chi connectivity index (χ1v) is 5.08. The lowest BCUT2D eigenvalue weighted by molar-refractivity contribution is 1.12. The molecule has 0 unspecified atom stereocenters. The Hall–Kier alpha value is -1.04. The van der Waals surface area contributed by atoms with Crippen LogP contribution in [0.2, 0.25) is 0 Å². The highest BCUT2D eigenvalue weighted by Gasteiger charge is 2.05. The molecule has 0 aliphatic carbocycles. The van der Waals surface area contributed by atoms with Crippen molar-refractivity contribution in [2.45, 2.75) is 34.1 Å². The Balaban J connectivity index is 3.22. The van der Waals surface area contributed by atoms with Crippen LogP contribution < -0.4 is 0 Å². The molecule has 0 atom stereocenters. The molecule has 1 aromatic carbocycles. The van der Waals surface area contributed by atoms with E-state index in [1.54, 1.807) is 0 Å². The van der Waals surface area contributed by atoms with Crippen molar-refractivity contribution in [3.05, 3.63) is 53.0 Å². The van der Waals surface area contributed by atoms with Crippen molar-refractivity contribution in [2.24, 2.45) is 0 Å². The molecular formula is C14H19. The molecule has 0 aliphatic rings. The van der Waals surface area contributed by atoms with E-state index >= 15 is 0 Å². The topological polar surface area (TPSA) is 0 Å². The van der Waals surface area contributed by atoms with Gasteiger partial charge in [-0.1, -0.05) is 18.2 Å². The van der Waals surface area contributed by atoms with E-state index in [1.165, 1.54) is 27.8 Å². The Morgan fingerprint density at radius 2 is 1.71 bits per heavy atom. The molecule has 0 fully saturated rings. The van der Waals surface area contributed by atoms with Gasteiger partial charge in [-0.3, -0.25) is 0 Å². The first kappa shape index (κ1) is 11.0.